The summed E-state index contributed by atoms with van der Waals surface area (Å²) < 4.78 is 18.3. The van der Waals surface area contributed by atoms with Crippen LogP contribution in [-0.4, -0.2) is 25.1 Å². The zero-order valence-corrected chi connectivity index (χ0v) is 10.9. The fourth-order valence-corrected chi connectivity index (χ4v) is 1.62. The molecule has 7 heteroatoms. The quantitative estimate of drug-likeness (QED) is 0.604. The summed E-state index contributed by atoms with van der Waals surface area (Å²) >= 11 is 0. The van der Waals surface area contributed by atoms with Crippen molar-refractivity contribution >= 4 is 11.4 Å². The molecule has 0 aliphatic rings. The lowest BCUT2D eigenvalue weighted by Crippen LogP contribution is -2.29. The van der Waals surface area contributed by atoms with Crippen molar-refractivity contribution in [2.75, 3.05) is 19.1 Å². The van der Waals surface area contributed by atoms with Gasteiger partial charge in [-0.25, -0.2) is 4.39 Å². The Kier molecular flexibility index (Phi) is 4.64. The first-order valence-electron chi connectivity index (χ1n) is 5.54. The number of hydrogen-bond acceptors (Lipinski definition) is 5. The zero-order valence-electron chi connectivity index (χ0n) is 10.9. The minimum Gasteiger partial charge on any atom is -0.494 e. The van der Waals surface area contributed by atoms with Crippen LogP contribution in [0.2, 0.25) is 0 Å². The number of rotatable bonds is 5. The number of nitriles is 1. The molecule has 1 unspecified atom stereocenters. The molecule has 1 aromatic rings. The smallest absolute Gasteiger partial charge is 0.295 e. The van der Waals surface area contributed by atoms with E-state index < -0.39 is 10.7 Å². The third-order valence-electron chi connectivity index (χ3n) is 2.87. The van der Waals surface area contributed by atoms with Crippen LogP contribution in [0.3, 0.4) is 0 Å². The van der Waals surface area contributed by atoms with E-state index in [1.165, 1.54) is 13.2 Å². The highest BCUT2D eigenvalue weighted by molar-refractivity contribution is 5.66. The first-order chi connectivity index (χ1) is 8.92. The Morgan fingerprint density at radius 1 is 1.63 bits per heavy atom. The lowest BCUT2D eigenvalue weighted by atomic mass is 10.1. The summed E-state index contributed by atoms with van der Waals surface area (Å²) in [5.41, 5.74) is -0.142. The Hall–Kier alpha value is -2.36. The molecule has 0 aromatic heterocycles. The maximum Gasteiger partial charge on any atom is 0.295 e. The van der Waals surface area contributed by atoms with Crippen LogP contribution in [0.1, 0.15) is 13.3 Å². The Bertz CT molecular complexity index is 528. The van der Waals surface area contributed by atoms with Gasteiger partial charge in [-0.3, -0.25) is 10.1 Å². The predicted octanol–water partition coefficient (Wildman–Crippen LogP) is 2.48. The first kappa shape index (κ1) is 14.7. The van der Waals surface area contributed by atoms with Crippen molar-refractivity contribution in [3.63, 3.8) is 0 Å². The van der Waals surface area contributed by atoms with Crippen molar-refractivity contribution < 1.29 is 14.1 Å². The molecule has 1 rings (SSSR count). The largest absolute Gasteiger partial charge is 0.494 e. The number of nitrogens with zero attached hydrogens (tertiary/aromatic N) is 3. The average Bonchev–Trinajstić information content (AvgIpc) is 2.37. The van der Waals surface area contributed by atoms with E-state index >= 15 is 0 Å². The molecule has 0 saturated carbocycles. The highest BCUT2D eigenvalue weighted by atomic mass is 19.1. The molecule has 0 fully saturated rings. The SMILES string of the molecule is COc1cc(N(C)C(C)CC#N)c([N+](=O)[O-])cc1F. The summed E-state index contributed by atoms with van der Waals surface area (Å²) in [6.07, 6.45) is 0.202. The molecule has 0 radical (unpaired) electrons. The number of nitro groups is 1. The van der Waals surface area contributed by atoms with Crippen LogP contribution in [-0.2, 0) is 0 Å². The van der Waals surface area contributed by atoms with E-state index in [0.29, 0.717) is 0 Å². The van der Waals surface area contributed by atoms with Crippen molar-refractivity contribution in [1.82, 2.24) is 0 Å². The Morgan fingerprint density at radius 3 is 2.74 bits per heavy atom. The van der Waals surface area contributed by atoms with Gasteiger partial charge in [0.25, 0.3) is 5.69 Å². The molecule has 0 aliphatic carbocycles. The van der Waals surface area contributed by atoms with E-state index in [-0.39, 0.29) is 29.6 Å². The average molecular weight is 267 g/mol. The molecule has 1 atom stereocenters. The molecule has 0 bridgehead atoms. The van der Waals surface area contributed by atoms with E-state index in [1.807, 2.05) is 6.07 Å². The molecule has 0 amide bonds. The molecule has 0 spiro atoms. The summed E-state index contributed by atoms with van der Waals surface area (Å²) in [4.78, 5) is 11.9. The first-order valence-corrected chi connectivity index (χ1v) is 5.54. The zero-order chi connectivity index (χ0) is 14.6. The summed E-state index contributed by atoms with van der Waals surface area (Å²) in [5, 5.41) is 19.6. The van der Waals surface area contributed by atoms with Crippen LogP contribution in [0, 0.1) is 27.3 Å². The van der Waals surface area contributed by atoms with Gasteiger partial charge >= 0.3 is 0 Å². The monoisotopic (exact) mass is 267 g/mol. The highest BCUT2D eigenvalue weighted by Gasteiger charge is 2.24. The van der Waals surface area contributed by atoms with Crippen molar-refractivity contribution in [1.29, 1.82) is 5.26 Å². The Labute approximate surface area is 110 Å². The standard InChI is InChI=1S/C12H14FN3O3/c1-8(4-5-14)15(2)10-7-12(19-3)9(13)6-11(10)16(17)18/h6-8H,4H2,1-3H3. The van der Waals surface area contributed by atoms with Crippen LogP contribution < -0.4 is 9.64 Å². The molecular formula is C12H14FN3O3. The fourth-order valence-electron chi connectivity index (χ4n) is 1.62. The number of hydrogen-bond donors (Lipinski definition) is 0. The third-order valence-corrected chi connectivity index (χ3v) is 2.87. The second-order valence-electron chi connectivity index (χ2n) is 4.05. The van der Waals surface area contributed by atoms with Gasteiger partial charge in [-0.15, -0.1) is 0 Å². The van der Waals surface area contributed by atoms with Gasteiger partial charge < -0.3 is 9.64 Å². The molecule has 19 heavy (non-hydrogen) atoms. The van der Waals surface area contributed by atoms with E-state index in [0.717, 1.165) is 6.07 Å². The summed E-state index contributed by atoms with van der Waals surface area (Å²) in [6, 6.07) is 3.84. The number of anilines is 1. The minimum atomic E-state index is -0.792. The Balaban J connectivity index is 3.31. The molecule has 1 aromatic carbocycles. The molecule has 0 N–H and O–H groups in total. The number of halogens is 1. The molecule has 0 heterocycles. The molecule has 0 saturated heterocycles. The summed E-state index contributed by atoms with van der Waals surface area (Å²) in [7, 11) is 2.90. The van der Waals surface area contributed by atoms with Gasteiger partial charge in [-0.2, -0.15) is 5.26 Å². The fraction of sp³-hybridized carbons (Fsp3) is 0.417. The predicted molar refractivity (Wildman–Crippen MR) is 67.7 cm³/mol. The van der Waals surface area contributed by atoms with E-state index in [1.54, 1.807) is 18.9 Å². The maximum absolute atomic E-state index is 13.5. The van der Waals surface area contributed by atoms with Crippen molar-refractivity contribution in [3.8, 4) is 11.8 Å². The number of benzene rings is 1. The van der Waals surface area contributed by atoms with E-state index in [9.17, 15) is 14.5 Å². The lowest BCUT2D eigenvalue weighted by molar-refractivity contribution is -0.384. The van der Waals surface area contributed by atoms with Crippen LogP contribution in [0.5, 0.6) is 5.75 Å². The van der Waals surface area contributed by atoms with Gasteiger partial charge in [0, 0.05) is 19.2 Å². The molecule has 0 aliphatic heterocycles. The van der Waals surface area contributed by atoms with Gasteiger partial charge in [-0.1, -0.05) is 0 Å². The highest BCUT2D eigenvalue weighted by Crippen LogP contribution is 2.34. The van der Waals surface area contributed by atoms with Gasteiger partial charge in [0.15, 0.2) is 11.6 Å². The molecule has 6 nitrogen and oxygen atoms in total. The van der Waals surface area contributed by atoms with Gasteiger partial charge in [-0.05, 0) is 6.92 Å². The lowest BCUT2D eigenvalue weighted by Gasteiger charge is -2.25. The summed E-state index contributed by atoms with van der Waals surface area (Å²) in [6.45, 7) is 1.75. The number of ether oxygens (including phenoxy) is 1. The number of nitro benzene ring substituents is 1. The Morgan fingerprint density at radius 2 is 2.26 bits per heavy atom. The van der Waals surface area contributed by atoms with Crippen LogP contribution in [0.25, 0.3) is 0 Å². The normalized spacial score (nSPS) is 11.5. The summed E-state index contributed by atoms with van der Waals surface area (Å²) in [5.74, 6) is -0.865. The second-order valence-corrected chi connectivity index (χ2v) is 4.05. The van der Waals surface area contributed by atoms with E-state index in [4.69, 9.17) is 10.00 Å². The topological polar surface area (TPSA) is 79.4 Å². The van der Waals surface area contributed by atoms with Gasteiger partial charge in [0.05, 0.1) is 30.6 Å². The van der Waals surface area contributed by atoms with Crippen LogP contribution in [0.15, 0.2) is 12.1 Å². The molecule has 102 valence electrons. The van der Waals surface area contributed by atoms with Crippen molar-refractivity contribution in [2.24, 2.45) is 0 Å². The van der Waals surface area contributed by atoms with Crippen LogP contribution in [0.4, 0.5) is 15.8 Å². The van der Waals surface area contributed by atoms with Gasteiger partial charge in [0.2, 0.25) is 0 Å². The third kappa shape index (κ3) is 3.10. The maximum atomic E-state index is 13.5. The van der Waals surface area contributed by atoms with Crippen molar-refractivity contribution in [2.45, 2.75) is 19.4 Å². The molecular weight excluding hydrogens is 253 g/mol. The van der Waals surface area contributed by atoms with Crippen molar-refractivity contribution in [3.05, 3.63) is 28.1 Å². The second kappa shape index (κ2) is 6.00. The van der Waals surface area contributed by atoms with Gasteiger partial charge in [0.1, 0.15) is 5.69 Å². The van der Waals surface area contributed by atoms with E-state index in [2.05, 4.69) is 0 Å². The minimum absolute atomic E-state index is 0.0726. The number of methoxy groups -OCH3 is 1. The van der Waals surface area contributed by atoms with Crippen LogP contribution >= 0.6 is 0 Å².